The van der Waals surface area contributed by atoms with Gasteiger partial charge < -0.3 is 15.0 Å². The van der Waals surface area contributed by atoms with Crippen LogP contribution in [0.3, 0.4) is 0 Å². The zero-order valence-corrected chi connectivity index (χ0v) is 23.3. The van der Waals surface area contributed by atoms with Crippen molar-refractivity contribution in [3.63, 3.8) is 0 Å². The lowest BCUT2D eigenvalue weighted by molar-refractivity contribution is -0.140. The third kappa shape index (κ3) is 8.28. The Kier molecular flexibility index (Phi) is 11.3. The van der Waals surface area contributed by atoms with Crippen LogP contribution in [0.15, 0.2) is 42.5 Å². The molecular formula is C25H33Cl2N3O5S. The number of hydrogen-bond acceptors (Lipinski definition) is 5. The maximum atomic E-state index is 13.6. The molecule has 1 atom stereocenters. The quantitative estimate of drug-likeness (QED) is 0.366. The Morgan fingerprint density at radius 3 is 2.28 bits per heavy atom. The molecule has 0 radical (unpaired) electrons. The largest absolute Gasteiger partial charge is 0.495 e. The zero-order valence-electron chi connectivity index (χ0n) is 21.0. The van der Waals surface area contributed by atoms with Gasteiger partial charge in [0.05, 0.1) is 24.1 Å². The van der Waals surface area contributed by atoms with Crippen molar-refractivity contribution < 1.29 is 22.7 Å². The number of nitrogens with one attached hydrogen (secondary N) is 1. The van der Waals surface area contributed by atoms with Crippen molar-refractivity contribution in [2.45, 2.75) is 45.7 Å². The number of carbonyl (C=O) groups is 2. The average Bonchev–Trinajstić information content (AvgIpc) is 2.83. The molecule has 0 saturated carbocycles. The molecule has 1 N–H and O–H groups in total. The molecule has 11 heteroatoms. The predicted octanol–water partition coefficient (Wildman–Crippen LogP) is 4.49. The second-order valence-corrected chi connectivity index (χ2v) is 11.1. The topological polar surface area (TPSA) is 96.0 Å². The Hall–Kier alpha value is -2.49. The Balaban J connectivity index is 2.42. The molecule has 0 fully saturated rings. The number of benzene rings is 2. The van der Waals surface area contributed by atoms with E-state index in [0.29, 0.717) is 23.7 Å². The summed E-state index contributed by atoms with van der Waals surface area (Å²) >= 11 is 12.2. The van der Waals surface area contributed by atoms with Gasteiger partial charge in [-0.05, 0) is 48.7 Å². The van der Waals surface area contributed by atoms with Gasteiger partial charge in [0.15, 0.2) is 0 Å². The van der Waals surface area contributed by atoms with Gasteiger partial charge in [0.2, 0.25) is 21.8 Å². The zero-order chi connectivity index (χ0) is 26.9. The van der Waals surface area contributed by atoms with E-state index in [1.165, 1.54) is 30.2 Å². The number of anilines is 1. The van der Waals surface area contributed by atoms with Crippen molar-refractivity contribution >= 4 is 50.7 Å². The van der Waals surface area contributed by atoms with Gasteiger partial charge in [-0.15, -0.1) is 0 Å². The number of methoxy groups -OCH3 is 1. The summed E-state index contributed by atoms with van der Waals surface area (Å²) in [6, 6.07) is 10.6. The van der Waals surface area contributed by atoms with Crippen LogP contribution in [-0.2, 0) is 26.2 Å². The Labute approximate surface area is 223 Å². The van der Waals surface area contributed by atoms with Gasteiger partial charge in [0.1, 0.15) is 18.3 Å². The molecule has 0 aliphatic rings. The van der Waals surface area contributed by atoms with Gasteiger partial charge in [0, 0.05) is 18.1 Å². The summed E-state index contributed by atoms with van der Waals surface area (Å²) < 4.78 is 31.5. The fourth-order valence-electron chi connectivity index (χ4n) is 3.64. The van der Waals surface area contributed by atoms with E-state index in [1.807, 2.05) is 13.8 Å². The number of hydrogen-bond donors (Lipinski definition) is 1. The SMILES string of the molecule is CCCCNC(=O)[C@@H](CC)N(Cc1ccc(Cl)cc1)C(=O)CN(c1ccc(OC)c(Cl)c1)S(C)(=O)=O. The van der Waals surface area contributed by atoms with E-state index < -0.39 is 28.5 Å². The first kappa shape index (κ1) is 29.7. The van der Waals surface area contributed by atoms with E-state index in [-0.39, 0.29) is 23.2 Å². The van der Waals surface area contributed by atoms with E-state index >= 15 is 0 Å². The maximum Gasteiger partial charge on any atom is 0.244 e. The fourth-order valence-corrected chi connectivity index (χ4v) is 4.86. The van der Waals surface area contributed by atoms with Crippen molar-refractivity contribution in [2.75, 3.05) is 30.8 Å². The molecule has 2 amide bonds. The van der Waals surface area contributed by atoms with Crippen LogP contribution in [-0.4, -0.2) is 57.6 Å². The summed E-state index contributed by atoms with van der Waals surface area (Å²) in [6.07, 6.45) is 3.09. The van der Waals surface area contributed by atoms with Crippen molar-refractivity contribution in [3.8, 4) is 5.75 Å². The monoisotopic (exact) mass is 557 g/mol. The molecule has 36 heavy (non-hydrogen) atoms. The number of carbonyl (C=O) groups excluding carboxylic acids is 2. The fraction of sp³-hybridized carbons (Fsp3) is 0.440. The molecule has 0 aromatic heterocycles. The molecule has 0 aliphatic carbocycles. The first-order valence-electron chi connectivity index (χ1n) is 11.6. The highest BCUT2D eigenvalue weighted by atomic mass is 35.5. The van der Waals surface area contributed by atoms with Crippen molar-refractivity contribution in [3.05, 3.63) is 58.1 Å². The summed E-state index contributed by atoms with van der Waals surface area (Å²) in [5.74, 6) is -0.439. The predicted molar refractivity (Wildman–Crippen MR) is 144 cm³/mol. The van der Waals surface area contributed by atoms with Crippen LogP contribution in [0, 0.1) is 0 Å². The first-order chi connectivity index (χ1) is 17.0. The average molecular weight is 559 g/mol. The lowest BCUT2D eigenvalue weighted by atomic mass is 10.1. The minimum absolute atomic E-state index is 0.108. The van der Waals surface area contributed by atoms with Crippen LogP contribution in [0.1, 0.15) is 38.7 Å². The number of halogens is 2. The minimum atomic E-state index is -3.86. The van der Waals surface area contributed by atoms with E-state index in [1.54, 1.807) is 24.3 Å². The van der Waals surface area contributed by atoms with Gasteiger partial charge in [-0.1, -0.05) is 55.6 Å². The summed E-state index contributed by atoms with van der Waals surface area (Å²) in [5.41, 5.74) is 0.967. The number of amides is 2. The van der Waals surface area contributed by atoms with Crippen molar-refractivity contribution in [1.29, 1.82) is 0 Å². The molecule has 0 unspecified atom stereocenters. The molecular weight excluding hydrogens is 525 g/mol. The molecule has 0 saturated heterocycles. The standard InChI is InChI=1S/C25H33Cl2N3O5S/c1-5-7-14-28-25(32)22(6-2)29(16-18-8-10-19(26)11-9-18)24(31)17-30(36(4,33)34)20-12-13-23(35-3)21(27)15-20/h8-13,15,22H,5-7,14,16-17H2,1-4H3,(H,28,32)/t22-/m1/s1. The molecule has 2 rings (SSSR count). The summed E-state index contributed by atoms with van der Waals surface area (Å²) in [5, 5.41) is 3.63. The highest BCUT2D eigenvalue weighted by Gasteiger charge is 2.31. The Morgan fingerprint density at radius 1 is 1.08 bits per heavy atom. The molecule has 0 heterocycles. The lowest BCUT2D eigenvalue weighted by Gasteiger charge is -2.33. The van der Waals surface area contributed by atoms with Gasteiger partial charge >= 0.3 is 0 Å². The lowest BCUT2D eigenvalue weighted by Crippen LogP contribution is -2.52. The van der Waals surface area contributed by atoms with Crippen molar-refractivity contribution in [1.82, 2.24) is 10.2 Å². The minimum Gasteiger partial charge on any atom is -0.495 e. The van der Waals surface area contributed by atoms with Crippen LogP contribution in [0.25, 0.3) is 0 Å². The van der Waals surface area contributed by atoms with Gasteiger partial charge in [0.25, 0.3) is 0 Å². The van der Waals surface area contributed by atoms with Crippen LogP contribution in [0.2, 0.25) is 10.0 Å². The second-order valence-electron chi connectivity index (χ2n) is 8.31. The molecule has 8 nitrogen and oxygen atoms in total. The van der Waals surface area contributed by atoms with Crippen LogP contribution < -0.4 is 14.4 Å². The third-order valence-corrected chi connectivity index (χ3v) is 7.27. The van der Waals surface area contributed by atoms with E-state index in [4.69, 9.17) is 27.9 Å². The number of rotatable bonds is 13. The number of ether oxygens (including phenoxy) is 1. The molecule has 2 aromatic carbocycles. The highest BCUT2D eigenvalue weighted by molar-refractivity contribution is 7.92. The molecule has 0 aliphatic heterocycles. The molecule has 0 spiro atoms. The van der Waals surface area contributed by atoms with E-state index in [9.17, 15) is 18.0 Å². The second kappa shape index (κ2) is 13.7. The van der Waals surface area contributed by atoms with Gasteiger partial charge in [-0.2, -0.15) is 0 Å². The van der Waals surface area contributed by atoms with E-state index in [2.05, 4.69) is 5.32 Å². The Bertz CT molecular complexity index is 1140. The first-order valence-corrected chi connectivity index (χ1v) is 14.2. The van der Waals surface area contributed by atoms with Crippen LogP contribution >= 0.6 is 23.2 Å². The number of nitrogens with zero attached hydrogens (tertiary/aromatic N) is 2. The van der Waals surface area contributed by atoms with Gasteiger partial charge in [-0.25, -0.2) is 8.42 Å². The van der Waals surface area contributed by atoms with Crippen molar-refractivity contribution in [2.24, 2.45) is 0 Å². The normalized spacial score (nSPS) is 12.1. The highest BCUT2D eigenvalue weighted by Crippen LogP contribution is 2.30. The van der Waals surface area contributed by atoms with E-state index in [0.717, 1.165) is 29.0 Å². The maximum absolute atomic E-state index is 13.6. The molecule has 2 aromatic rings. The number of unbranched alkanes of at least 4 members (excludes halogenated alkanes) is 1. The van der Waals surface area contributed by atoms with Gasteiger partial charge in [-0.3, -0.25) is 13.9 Å². The summed E-state index contributed by atoms with van der Waals surface area (Å²) in [7, 11) is -2.41. The third-order valence-electron chi connectivity index (χ3n) is 5.58. The molecule has 198 valence electrons. The number of sulfonamides is 1. The summed E-state index contributed by atoms with van der Waals surface area (Å²) in [4.78, 5) is 28.1. The van der Waals surface area contributed by atoms with Crippen LogP contribution in [0.4, 0.5) is 5.69 Å². The molecule has 0 bridgehead atoms. The summed E-state index contributed by atoms with van der Waals surface area (Å²) in [6.45, 7) is 3.92. The van der Waals surface area contributed by atoms with Crippen LogP contribution in [0.5, 0.6) is 5.75 Å². The Morgan fingerprint density at radius 2 is 1.75 bits per heavy atom. The smallest absolute Gasteiger partial charge is 0.244 e.